The number of imidazole rings is 1. The quantitative estimate of drug-likeness (QED) is 0.192. The molecule has 0 bridgehead atoms. The standard InChI is InChI=1S/C8H14N4OS/c1-12-5-4-10-8(12)14-6-2-3-7(9)11-13/h4-5,13H,2-3,6H2,1H3,(H2,9,11). The Morgan fingerprint density at radius 2 is 2.57 bits per heavy atom. The first-order valence-corrected chi connectivity index (χ1v) is 5.29. The Bertz CT molecular complexity index is 310. The lowest BCUT2D eigenvalue weighted by Gasteiger charge is -2.00. The largest absolute Gasteiger partial charge is 0.409 e. The second-order valence-corrected chi connectivity index (χ2v) is 3.93. The molecule has 1 rings (SSSR count). The minimum atomic E-state index is 0.283. The number of nitrogens with two attached hydrogens (primary N) is 1. The zero-order valence-corrected chi connectivity index (χ0v) is 8.87. The van der Waals surface area contributed by atoms with E-state index < -0.39 is 0 Å². The zero-order chi connectivity index (χ0) is 10.4. The van der Waals surface area contributed by atoms with E-state index in [-0.39, 0.29) is 5.84 Å². The van der Waals surface area contributed by atoms with Crippen LogP contribution in [0.15, 0.2) is 22.7 Å². The van der Waals surface area contributed by atoms with E-state index in [1.807, 2.05) is 17.8 Å². The molecule has 0 unspecified atom stereocenters. The topological polar surface area (TPSA) is 76.4 Å². The Morgan fingerprint density at radius 3 is 3.14 bits per heavy atom. The first-order valence-electron chi connectivity index (χ1n) is 4.30. The Balaban J connectivity index is 2.20. The summed E-state index contributed by atoms with van der Waals surface area (Å²) >= 11 is 1.67. The number of aromatic nitrogens is 2. The number of oxime groups is 1. The smallest absolute Gasteiger partial charge is 0.167 e. The Labute approximate surface area is 87.0 Å². The van der Waals surface area contributed by atoms with Gasteiger partial charge in [-0.15, -0.1) is 0 Å². The van der Waals surface area contributed by atoms with Gasteiger partial charge in [-0.1, -0.05) is 16.9 Å². The van der Waals surface area contributed by atoms with E-state index in [1.54, 1.807) is 18.0 Å². The Hall–Kier alpha value is -1.17. The lowest BCUT2D eigenvalue weighted by molar-refractivity contribution is 0.317. The molecule has 6 heteroatoms. The highest BCUT2D eigenvalue weighted by Crippen LogP contribution is 2.15. The van der Waals surface area contributed by atoms with Gasteiger partial charge >= 0.3 is 0 Å². The summed E-state index contributed by atoms with van der Waals surface area (Å²) < 4.78 is 1.97. The van der Waals surface area contributed by atoms with Crippen molar-refractivity contribution >= 4 is 17.6 Å². The molecule has 0 saturated heterocycles. The average Bonchev–Trinajstić information content (AvgIpc) is 2.58. The lowest BCUT2D eigenvalue weighted by atomic mass is 10.3. The fraction of sp³-hybridized carbons (Fsp3) is 0.500. The van der Waals surface area contributed by atoms with E-state index in [4.69, 9.17) is 10.9 Å². The summed E-state index contributed by atoms with van der Waals surface area (Å²) in [5.41, 5.74) is 5.33. The van der Waals surface area contributed by atoms with Crippen molar-refractivity contribution in [3.63, 3.8) is 0 Å². The molecular formula is C8H14N4OS. The molecule has 0 saturated carbocycles. The molecule has 3 N–H and O–H groups in total. The number of hydrogen-bond acceptors (Lipinski definition) is 4. The third kappa shape index (κ3) is 3.29. The van der Waals surface area contributed by atoms with Crippen molar-refractivity contribution in [2.45, 2.75) is 18.0 Å². The molecule has 5 nitrogen and oxygen atoms in total. The number of aryl methyl sites for hydroxylation is 1. The van der Waals surface area contributed by atoms with Gasteiger partial charge < -0.3 is 15.5 Å². The molecule has 1 aromatic heterocycles. The van der Waals surface area contributed by atoms with E-state index in [2.05, 4.69) is 10.1 Å². The molecule has 1 heterocycles. The summed E-state index contributed by atoms with van der Waals surface area (Å²) in [4.78, 5) is 4.17. The first kappa shape index (κ1) is 10.9. The van der Waals surface area contributed by atoms with Crippen LogP contribution in [-0.4, -0.2) is 26.3 Å². The molecule has 0 atom stereocenters. The normalized spacial score (nSPS) is 11.9. The van der Waals surface area contributed by atoms with Gasteiger partial charge in [0.25, 0.3) is 0 Å². The van der Waals surface area contributed by atoms with Gasteiger partial charge in [0.15, 0.2) is 5.16 Å². The number of hydrogen-bond donors (Lipinski definition) is 2. The third-order valence-corrected chi connectivity index (χ3v) is 2.86. The molecule has 78 valence electrons. The fourth-order valence-electron chi connectivity index (χ4n) is 0.958. The molecule has 14 heavy (non-hydrogen) atoms. The van der Waals surface area contributed by atoms with Gasteiger partial charge in [0.2, 0.25) is 0 Å². The lowest BCUT2D eigenvalue weighted by Crippen LogP contribution is -2.11. The minimum Gasteiger partial charge on any atom is -0.409 e. The van der Waals surface area contributed by atoms with E-state index in [0.717, 1.165) is 17.3 Å². The maximum absolute atomic E-state index is 8.30. The summed E-state index contributed by atoms with van der Waals surface area (Å²) in [7, 11) is 1.96. The monoisotopic (exact) mass is 214 g/mol. The van der Waals surface area contributed by atoms with Gasteiger partial charge in [-0.2, -0.15) is 0 Å². The molecule has 0 aromatic carbocycles. The Morgan fingerprint density at radius 1 is 1.79 bits per heavy atom. The summed E-state index contributed by atoms with van der Waals surface area (Å²) in [6.07, 6.45) is 5.18. The van der Waals surface area contributed by atoms with Crippen LogP contribution in [0.3, 0.4) is 0 Å². The van der Waals surface area contributed by atoms with Crippen molar-refractivity contribution in [3.8, 4) is 0 Å². The minimum absolute atomic E-state index is 0.283. The van der Waals surface area contributed by atoms with Gasteiger partial charge in [0.05, 0.1) is 0 Å². The number of amidine groups is 1. The second kappa shape index (κ2) is 5.54. The predicted molar refractivity (Wildman–Crippen MR) is 56.6 cm³/mol. The van der Waals surface area contributed by atoms with E-state index >= 15 is 0 Å². The van der Waals surface area contributed by atoms with Crippen molar-refractivity contribution in [2.75, 3.05) is 5.75 Å². The number of thioether (sulfide) groups is 1. The van der Waals surface area contributed by atoms with Gasteiger partial charge in [-0.05, 0) is 6.42 Å². The van der Waals surface area contributed by atoms with Crippen molar-refractivity contribution in [1.29, 1.82) is 0 Å². The van der Waals surface area contributed by atoms with Crippen LogP contribution in [0, 0.1) is 0 Å². The van der Waals surface area contributed by atoms with E-state index in [1.165, 1.54) is 0 Å². The molecular weight excluding hydrogens is 200 g/mol. The van der Waals surface area contributed by atoms with E-state index in [0.29, 0.717) is 6.42 Å². The van der Waals surface area contributed by atoms with Crippen molar-refractivity contribution in [1.82, 2.24) is 9.55 Å². The molecule has 0 amide bonds. The molecule has 0 spiro atoms. The van der Waals surface area contributed by atoms with Gasteiger partial charge in [-0.3, -0.25) is 0 Å². The van der Waals surface area contributed by atoms with Crippen LogP contribution in [-0.2, 0) is 7.05 Å². The zero-order valence-electron chi connectivity index (χ0n) is 8.05. The van der Waals surface area contributed by atoms with Crippen molar-refractivity contribution in [3.05, 3.63) is 12.4 Å². The van der Waals surface area contributed by atoms with Gasteiger partial charge in [0, 0.05) is 31.6 Å². The van der Waals surface area contributed by atoms with Gasteiger partial charge in [-0.25, -0.2) is 4.98 Å². The Kier molecular flexibility index (Phi) is 4.31. The summed E-state index contributed by atoms with van der Waals surface area (Å²) in [5, 5.41) is 12.2. The molecule has 0 fully saturated rings. The second-order valence-electron chi connectivity index (χ2n) is 2.86. The third-order valence-electron chi connectivity index (χ3n) is 1.71. The van der Waals surface area contributed by atoms with E-state index in [9.17, 15) is 0 Å². The van der Waals surface area contributed by atoms with Crippen LogP contribution in [0.1, 0.15) is 12.8 Å². The van der Waals surface area contributed by atoms with Crippen LogP contribution < -0.4 is 5.73 Å². The van der Waals surface area contributed by atoms with Crippen LogP contribution >= 0.6 is 11.8 Å². The number of nitrogens with zero attached hydrogens (tertiary/aromatic N) is 3. The molecule has 1 aromatic rings. The van der Waals surface area contributed by atoms with Crippen molar-refractivity contribution in [2.24, 2.45) is 17.9 Å². The molecule has 0 aliphatic rings. The van der Waals surface area contributed by atoms with Crippen LogP contribution in [0.5, 0.6) is 0 Å². The van der Waals surface area contributed by atoms with Crippen molar-refractivity contribution < 1.29 is 5.21 Å². The summed E-state index contributed by atoms with van der Waals surface area (Å²) in [5.74, 6) is 1.20. The highest BCUT2D eigenvalue weighted by Gasteiger charge is 2.00. The van der Waals surface area contributed by atoms with Crippen LogP contribution in [0.25, 0.3) is 0 Å². The maximum Gasteiger partial charge on any atom is 0.167 e. The number of rotatable bonds is 5. The summed E-state index contributed by atoms with van der Waals surface area (Å²) in [6.45, 7) is 0. The molecule has 0 radical (unpaired) electrons. The predicted octanol–water partition coefficient (Wildman–Crippen LogP) is 1.04. The average molecular weight is 214 g/mol. The highest BCUT2D eigenvalue weighted by molar-refractivity contribution is 7.99. The SMILES string of the molecule is Cn1ccnc1SCCC/C(N)=N/O. The van der Waals surface area contributed by atoms with Crippen LogP contribution in [0.2, 0.25) is 0 Å². The fourth-order valence-corrected chi connectivity index (χ4v) is 1.83. The highest BCUT2D eigenvalue weighted by atomic mass is 32.2. The molecule has 0 aliphatic heterocycles. The van der Waals surface area contributed by atoms with Gasteiger partial charge in [0.1, 0.15) is 5.84 Å². The van der Waals surface area contributed by atoms with Crippen LogP contribution in [0.4, 0.5) is 0 Å². The molecule has 0 aliphatic carbocycles. The first-order chi connectivity index (χ1) is 6.74. The maximum atomic E-state index is 8.30. The summed E-state index contributed by atoms with van der Waals surface area (Å²) in [6, 6.07) is 0.